The molecule has 8 heteroatoms. The van der Waals surface area contributed by atoms with Gasteiger partial charge in [0, 0.05) is 36.5 Å². The third-order valence-corrected chi connectivity index (χ3v) is 5.18. The van der Waals surface area contributed by atoms with Gasteiger partial charge in [0.1, 0.15) is 5.69 Å². The number of nitro benzene ring substituents is 1. The van der Waals surface area contributed by atoms with E-state index in [1.165, 1.54) is 6.07 Å². The fourth-order valence-electron chi connectivity index (χ4n) is 3.72. The summed E-state index contributed by atoms with van der Waals surface area (Å²) in [6.07, 6.45) is 4.30. The molecule has 0 unspecified atom stereocenters. The van der Waals surface area contributed by atoms with Gasteiger partial charge in [-0.2, -0.15) is 0 Å². The maximum Gasteiger partial charge on any atom is 0.293 e. The predicted octanol–water partition coefficient (Wildman–Crippen LogP) is 5.02. The molecule has 0 aromatic heterocycles. The zero-order valence-corrected chi connectivity index (χ0v) is 18.1. The SMILES string of the molecule is CCOc1ccc(NC(=O)c2ccc(N3CCCCCC3)c([N+](=O)[O-])c2)cc1OCC. The van der Waals surface area contributed by atoms with Crippen molar-refractivity contribution >= 4 is 23.0 Å². The minimum Gasteiger partial charge on any atom is -0.490 e. The molecule has 0 bridgehead atoms. The van der Waals surface area contributed by atoms with Crippen LogP contribution in [0, 0.1) is 10.1 Å². The third kappa shape index (κ3) is 5.65. The van der Waals surface area contributed by atoms with E-state index in [1.54, 1.807) is 30.3 Å². The van der Waals surface area contributed by atoms with Gasteiger partial charge < -0.3 is 19.7 Å². The minimum absolute atomic E-state index is 0.0451. The summed E-state index contributed by atoms with van der Waals surface area (Å²) in [5.74, 6) is 0.710. The van der Waals surface area contributed by atoms with Crippen molar-refractivity contribution in [1.82, 2.24) is 0 Å². The van der Waals surface area contributed by atoms with Gasteiger partial charge in [0.05, 0.1) is 18.1 Å². The molecule has 1 aliphatic heterocycles. The number of nitrogens with zero attached hydrogens (tertiary/aromatic N) is 2. The molecule has 0 spiro atoms. The van der Waals surface area contributed by atoms with Crippen LogP contribution in [-0.4, -0.2) is 37.1 Å². The van der Waals surface area contributed by atoms with Crippen LogP contribution in [0.15, 0.2) is 36.4 Å². The first-order chi connectivity index (χ1) is 15.0. The molecule has 0 atom stereocenters. The van der Waals surface area contributed by atoms with Crippen LogP contribution < -0.4 is 19.7 Å². The van der Waals surface area contributed by atoms with Crippen LogP contribution in [-0.2, 0) is 0 Å². The Labute approximate surface area is 182 Å². The minimum atomic E-state index is -0.419. The highest BCUT2D eigenvalue weighted by Gasteiger charge is 2.23. The quantitative estimate of drug-likeness (QED) is 0.469. The fraction of sp³-hybridized carbons (Fsp3) is 0.435. The van der Waals surface area contributed by atoms with Gasteiger partial charge in [-0.05, 0) is 51.0 Å². The number of rotatable bonds is 8. The second-order valence-electron chi connectivity index (χ2n) is 7.34. The van der Waals surface area contributed by atoms with Crippen molar-refractivity contribution in [3.05, 3.63) is 52.1 Å². The summed E-state index contributed by atoms with van der Waals surface area (Å²) in [5, 5.41) is 14.5. The van der Waals surface area contributed by atoms with Crippen LogP contribution in [0.4, 0.5) is 17.1 Å². The number of benzene rings is 2. The maximum atomic E-state index is 12.8. The van der Waals surface area contributed by atoms with E-state index >= 15 is 0 Å². The Morgan fingerprint density at radius 2 is 1.68 bits per heavy atom. The molecular weight excluding hydrogens is 398 g/mol. The molecule has 3 rings (SSSR count). The molecule has 0 saturated carbocycles. The number of ether oxygens (including phenoxy) is 2. The summed E-state index contributed by atoms with van der Waals surface area (Å²) in [7, 11) is 0. The monoisotopic (exact) mass is 427 g/mol. The number of anilines is 2. The first kappa shape index (κ1) is 22.4. The van der Waals surface area contributed by atoms with Crippen molar-refractivity contribution in [2.24, 2.45) is 0 Å². The number of amides is 1. The maximum absolute atomic E-state index is 12.8. The lowest BCUT2D eigenvalue weighted by atomic mass is 10.1. The van der Waals surface area contributed by atoms with Gasteiger partial charge in [-0.3, -0.25) is 14.9 Å². The molecule has 0 radical (unpaired) electrons. The topological polar surface area (TPSA) is 93.9 Å². The van der Waals surface area contributed by atoms with Gasteiger partial charge in [-0.25, -0.2) is 0 Å². The van der Waals surface area contributed by atoms with Crippen molar-refractivity contribution in [2.75, 3.05) is 36.5 Å². The number of carbonyl (C=O) groups is 1. The number of nitrogens with one attached hydrogen (secondary N) is 1. The predicted molar refractivity (Wildman–Crippen MR) is 121 cm³/mol. The van der Waals surface area contributed by atoms with Crippen molar-refractivity contribution in [3.8, 4) is 11.5 Å². The Hall–Kier alpha value is -3.29. The van der Waals surface area contributed by atoms with E-state index in [2.05, 4.69) is 5.32 Å². The molecular formula is C23H29N3O5. The highest BCUT2D eigenvalue weighted by atomic mass is 16.6. The third-order valence-electron chi connectivity index (χ3n) is 5.18. The normalized spacial score (nSPS) is 13.9. The molecule has 1 N–H and O–H groups in total. The molecule has 166 valence electrons. The van der Waals surface area contributed by atoms with E-state index in [4.69, 9.17) is 9.47 Å². The van der Waals surface area contributed by atoms with Crippen LogP contribution in [0.5, 0.6) is 11.5 Å². The standard InChI is InChI=1S/C23H29N3O5/c1-3-30-21-12-10-18(16-22(21)31-4-2)24-23(27)17-9-11-19(20(15-17)26(28)29)25-13-7-5-6-8-14-25/h9-12,15-16H,3-8,13-14H2,1-2H3,(H,24,27). The Kier molecular flexibility index (Phi) is 7.70. The number of hydrogen-bond donors (Lipinski definition) is 1. The number of hydrogen-bond acceptors (Lipinski definition) is 6. The molecule has 1 aliphatic rings. The molecule has 31 heavy (non-hydrogen) atoms. The van der Waals surface area contributed by atoms with E-state index in [0.717, 1.165) is 38.8 Å². The molecule has 1 saturated heterocycles. The van der Waals surface area contributed by atoms with Gasteiger partial charge in [-0.1, -0.05) is 12.8 Å². The van der Waals surface area contributed by atoms with Crippen molar-refractivity contribution < 1.29 is 19.2 Å². The highest BCUT2D eigenvalue weighted by Crippen LogP contribution is 2.33. The van der Waals surface area contributed by atoms with Crippen LogP contribution >= 0.6 is 0 Å². The highest BCUT2D eigenvalue weighted by molar-refractivity contribution is 6.05. The lowest BCUT2D eigenvalue weighted by Gasteiger charge is -2.22. The summed E-state index contributed by atoms with van der Waals surface area (Å²) in [6, 6.07) is 9.81. The second kappa shape index (κ2) is 10.7. The summed E-state index contributed by atoms with van der Waals surface area (Å²) in [6.45, 7) is 6.29. The van der Waals surface area contributed by atoms with Crippen molar-refractivity contribution in [3.63, 3.8) is 0 Å². The average molecular weight is 428 g/mol. The largest absolute Gasteiger partial charge is 0.490 e. The first-order valence-corrected chi connectivity index (χ1v) is 10.8. The van der Waals surface area contributed by atoms with E-state index in [1.807, 2.05) is 18.7 Å². The first-order valence-electron chi connectivity index (χ1n) is 10.8. The lowest BCUT2D eigenvalue weighted by molar-refractivity contribution is -0.384. The van der Waals surface area contributed by atoms with E-state index < -0.39 is 10.8 Å². The number of nitro groups is 1. The Morgan fingerprint density at radius 1 is 1.00 bits per heavy atom. The molecule has 2 aromatic carbocycles. The summed E-state index contributed by atoms with van der Waals surface area (Å²) >= 11 is 0. The van der Waals surface area contributed by atoms with Gasteiger partial charge in [0.25, 0.3) is 11.6 Å². The summed E-state index contributed by atoms with van der Waals surface area (Å²) in [4.78, 5) is 26.1. The van der Waals surface area contributed by atoms with Gasteiger partial charge in [-0.15, -0.1) is 0 Å². The van der Waals surface area contributed by atoms with E-state index in [9.17, 15) is 14.9 Å². The molecule has 1 fully saturated rings. The van der Waals surface area contributed by atoms with Crippen molar-refractivity contribution in [2.45, 2.75) is 39.5 Å². The number of carbonyl (C=O) groups excluding carboxylic acids is 1. The Morgan fingerprint density at radius 3 is 2.32 bits per heavy atom. The fourth-order valence-corrected chi connectivity index (χ4v) is 3.72. The van der Waals surface area contributed by atoms with Gasteiger partial charge in [0.15, 0.2) is 11.5 Å². The van der Waals surface area contributed by atoms with Crippen LogP contribution in [0.2, 0.25) is 0 Å². The zero-order chi connectivity index (χ0) is 22.2. The second-order valence-corrected chi connectivity index (χ2v) is 7.34. The van der Waals surface area contributed by atoms with Crippen LogP contribution in [0.25, 0.3) is 0 Å². The van der Waals surface area contributed by atoms with Crippen molar-refractivity contribution in [1.29, 1.82) is 0 Å². The van der Waals surface area contributed by atoms with E-state index in [-0.39, 0.29) is 11.3 Å². The molecule has 0 aliphatic carbocycles. The average Bonchev–Trinajstić information content (AvgIpc) is 3.05. The Balaban J connectivity index is 1.82. The molecule has 2 aromatic rings. The smallest absolute Gasteiger partial charge is 0.293 e. The summed E-state index contributed by atoms with van der Waals surface area (Å²) < 4.78 is 11.1. The van der Waals surface area contributed by atoms with E-state index in [0.29, 0.717) is 36.1 Å². The van der Waals surface area contributed by atoms with Crippen LogP contribution in [0.3, 0.4) is 0 Å². The van der Waals surface area contributed by atoms with Crippen LogP contribution in [0.1, 0.15) is 49.9 Å². The summed E-state index contributed by atoms with van der Waals surface area (Å²) in [5.41, 5.74) is 1.28. The van der Waals surface area contributed by atoms with Gasteiger partial charge >= 0.3 is 0 Å². The molecule has 8 nitrogen and oxygen atoms in total. The zero-order valence-electron chi connectivity index (χ0n) is 18.1. The lowest BCUT2D eigenvalue weighted by Crippen LogP contribution is -2.25. The Bertz CT molecular complexity index is 923. The molecule has 1 heterocycles. The van der Waals surface area contributed by atoms with Gasteiger partial charge in [0.2, 0.25) is 0 Å². The molecule has 1 amide bonds.